The molecule has 0 aliphatic heterocycles. The second kappa shape index (κ2) is 5.05. The molecule has 1 aliphatic rings. The summed E-state index contributed by atoms with van der Waals surface area (Å²) in [6.45, 7) is 4.33. The summed E-state index contributed by atoms with van der Waals surface area (Å²) in [6, 6.07) is 0. The van der Waals surface area contributed by atoms with Crippen LogP contribution in [0.5, 0.6) is 0 Å². The van der Waals surface area contributed by atoms with Gasteiger partial charge in [-0.25, -0.2) is 0 Å². The highest BCUT2D eigenvalue weighted by atomic mass is 35.5. The van der Waals surface area contributed by atoms with Gasteiger partial charge in [0.15, 0.2) is 0 Å². The van der Waals surface area contributed by atoms with E-state index in [1.807, 2.05) is 0 Å². The van der Waals surface area contributed by atoms with Gasteiger partial charge in [0.05, 0.1) is 4.87 Å². The van der Waals surface area contributed by atoms with E-state index in [1.165, 1.54) is 44.1 Å². The van der Waals surface area contributed by atoms with Gasteiger partial charge in [-0.3, -0.25) is 0 Å². The summed E-state index contributed by atoms with van der Waals surface area (Å²) in [4.78, 5) is -0.0721. The van der Waals surface area contributed by atoms with Crippen molar-refractivity contribution in [1.29, 1.82) is 0 Å². The average Bonchev–Trinajstić information content (AvgIpc) is 2.03. The number of hydrogen-bond acceptors (Lipinski definition) is 0. The first-order chi connectivity index (χ1) is 6.17. The standard InChI is InChI=1S/C12H21Cl/c1-3-12(2,13)11-9-7-5-4-6-8-10-11/h9H,3-8,10H2,1-2H3/b11-9+. The van der Waals surface area contributed by atoms with Crippen LogP contribution >= 0.6 is 11.6 Å². The van der Waals surface area contributed by atoms with Crippen LogP contribution in [-0.4, -0.2) is 4.87 Å². The van der Waals surface area contributed by atoms with Gasteiger partial charge < -0.3 is 0 Å². The Hall–Kier alpha value is 0.0300. The first-order valence-corrected chi connectivity index (χ1v) is 5.93. The van der Waals surface area contributed by atoms with Crippen LogP contribution in [0, 0.1) is 0 Å². The molecule has 76 valence electrons. The van der Waals surface area contributed by atoms with Crippen molar-refractivity contribution in [2.75, 3.05) is 0 Å². The number of rotatable bonds is 2. The van der Waals surface area contributed by atoms with Crippen molar-refractivity contribution in [3.05, 3.63) is 11.6 Å². The summed E-state index contributed by atoms with van der Waals surface area (Å²) in [6.07, 6.45) is 11.3. The Morgan fingerprint density at radius 3 is 2.69 bits per heavy atom. The Bertz CT molecular complexity index is 180. The van der Waals surface area contributed by atoms with Crippen LogP contribution in [0.15, 0.2) is 11.6 Å². The summed E-state index contributed by atoms with van der Waals surface area (Å²) < 4.78 is 0. The molecule has 0 saturated carbocycles. The fraction of sp³-hybridized carbons (Fsp3) is 0.833. The highest BCUT2D eigenvalue weighted by molar-refractivity contribution is 6.25. The quantitative estimate of drug-likeness (QED) is 0.449. The fourth-order valence-electron chi connectivity index (χ4n) is 1.89. The van der Waals surface area contributed by atoms with Gasteiger partial charge in [0.2, 0.25) is 0 Å². The molecule has 0 nitrogen and oxygen atoms in total. The first kappa shape index (κ1) is 11.1. The minimum absolute atomic E-state index is 0.0721. The van der Waals surface area contributed by atoms with Gasteiger partial charge in [-0.05, 0) is 39.0 Å². The van der Waals surface area contributed by atoms with Gasteiger partial charge in [-0.2, -0.15) is 0 Å². The topological polar surface area (TPSA) is 0 Å². The van der Waals surface area contributed by atoms with Crippen molar-refractivity contribution in [3.8, 4) is 0 Å². The SMILES string of the molecule is CCC(C)(Cl)/C1=C/CCCCCC1. The predicted octanol–water partition coefficient (Wildman–Crippen LogP) is 4.67. The minimum atomic E-state index is -0.0721. The molecule has 0 spiro atoms. The lowest BCUT2D eigenvalue weighted by Gasteiger charge is -2.25. The molecule has 0 aromatic rings. The van der Waals surface area contributed by atoms with Crippen LogP contribution in [0.4, 0.5) is 0 Å². The molecule has 1 atom stereocenters. The molecule has 0 heterocycles. The summed E-state index contributed by atoms with van der Waals surface area (Å²) in [5.74, 6) is 0. The second-order valence-electron chi connectivity index (χ2n) is 4.23. The molecular formula is C12H21Cl. The zero-order valence-corrected chi connectivity index (χ0v) is 9.66. The Kier molecular flexibility index (Phi) is 4.31. The normalized spacial score (nSPS) is 28.1. The van der Waals surface area contributed by atoms with Crippen molar-refractivity contribution in [2.24, 2.45) is 0 Å². The van der Waals surface area contributed by atoms with Crippen LogP contribution < -0.4 is 0 Å². The lowest BCUT2D eigenvalue weighted by atomic mass is 9.89. The maximum atomic E-state index is 6.46. The fourth-order valence-corrected chi connectivity index (χ4v) is 2.06. The molecule has 0 fully saturated rings. The largest absolute Gasteiger partial charge is 0.115 e. The summed E-state index contributed by atoms with van der Waals surface area (Å²) in [5.41, 5.74) is 1.48. The highest BCUT2D eigenvalue weighted by Gasteiger charge is 2.23. The maximum absolute atomic E-state index is 6.46. The van der Waals surface area contributed by atoms with Crippen molar-refractivity contribution in [3.63, 3.8) is 0 Å². The van der Waals surface area contributed by atoms with Gasteiger partial charge in [0.25, 0.3) is 0 Å². The van der Waals surface area contributed by atoms with Crippen LogP contribution in [0.25, 0.3) is 0 Å². The van der Waals surface area contributed by atoms with Crippen molar-refractivity contribution in [2.45, 2.75) is 63.7 Å². The zero-order valence-electron chi connectivity index (χ0n) is 8.91. The van der Waals surface area contributed by atoms with Gasteiger partial charge in [0, 0.05) is 0 Å². The third kappa shape index (κ3) is 3.34. The molecule has 1 unspecified atom stereocenters. The molecule has 0 saturated heterocycles. The Morgan fingerprint density at radius 1 is 1.31 bits per heavy atom. The van der Waals surface area contributed by atoms with Crippen LogP contribution in [0.2, 0.25) is 0 Å². The molecule has 0 aromatic heterocycles. The third-order valence-corrected chi connectivity index (χ3v) is 3.63. The molecule has 1 aliphatic carbocycles. The molecule has 0 bridgehead atoms. The molecule has 0 amide bonds. The van der Waals surface area contributed by atoms with E-state index in [1.54, 1.807) is 0 Å². The molecule has 13 heavy (non-hydrogen) atoms. The molecular weight excluding hydrogens is 180 g/mol. The minimum Gasteiger partial charge on any atom is -0.115 e. The van der Waals surface area contributed by atoms with Crippen LogP contribution in [-0.2, 0) is 0 Å². The summed E-state index contributed by atoms with van der Waals surface area (Å²) in [5, 5.41) is 0. The van der Waals surface area contributed by atoms with E-state index in [2.05, 4.69) is 19.9 Å². The highest BCUT2D eigenvalue weighted by Crippen LogP contribution is 2.33. The maximum Gasteiger partial charge on any atom is 0.0624 e. The Labute approximate surface area is 87.4 Å². The third-order valence-electron chi connectivity index (χ3n) is 3.12. The van der Waals surface area contributed by atoms with E-state index in [0.717, 1.165) is 6.42 Å². The molecule has 1 rings (SSSR count). The van der Waals surface area contributed by atoms with Gasteiger partial charge in [-0.15, -0.1) is 11.6 Å². The number of halogens is 1. The monoisotopic (exact) mass is 200 g/mol. The number of allylic oxidation sites excluding steroid dienone is 2. The van der Waals surface area contributed by atoms with E-state index in [9.17, 15) is 0 Å². The van der Waals surface area contributed by atoms with Gasteiger partial charge in [0.1, 0.15) is 0 Å². The smallest absolute Gasteiger partial charge is 0.0624 e. The van der Waals surface area contributed by atoms with E-state index < -0.39 is 0 Å². The van der Waals surface area contributed by atoms with Crippen molar-refractivity contribution >= 4 is 11.6 Å². The van der Waals surface area contributed by atoms with Crippen molar-refractivity contribution in [1.82, 2.24) is 0 Å². The van der Waals surface area contributed by atoms with E-state index in [0.29, 0.717) is 0 Å². The summed E-state index contributed by atoms with van der Waals surface area (Å²) >= 11 is 6.46. The first-order valence-electron chi connectivity index (χ1n) is 5.55. The Morgan fingerprint density at radius 2 is 2.00 bits per heavy atom. The second-order valence-corrected chi connectivity index (χ2v) is 5.07. The number of hydrogen-bond donors (Lipinski definition) is 0. The molecule has 0 aromatic carbocycles. The zero-order chi connectivity index (χ0) is 9.73. The van der Waals surface area contributed by atoms with Crippen molar-refractivity contribution < 1.29 is 0 Å². The van der Waals surface area contributed by atoms with Crippen LogP contribution in [0.1, 0.15) is 58.8 Å². The predicted molar refractivity (Wildman–Crippen MR) is 60.3 cm³/mol. The molecule has 0 N–H and O–H groups in total. The lowest BCUT2D eigenvalue weighted by molar-refractivity contribution is 0.577. The lowest BCUT2D eigenvalue weighted by Crippen LogP contribution is -2.18. The van der Waals surface area contributed by atoms with E-state index in [4.69, 9.17) is 11.6 Å². The summed E-state index contributed by atoms with van der Waals surface area (Å²) in [7, 11) is 0. The van der Waals surface area contributed by atoms with E-state index in [-0.39, 0.29) is 4.87 Å². The average molecular weight is 201 g/mol. The number of alkyl halides is 1. The van der Waals surface area contributed by atoms with Gasteiger partial charge in [-0.1, -0.05) is 31.4 Å². The van der Waals surface area contributed by atoms with Crippen LogP contribution in [0.3, 0.4) is 0 Å². The molecule has 1 heteroatoms. The van der Waals surface area contributed by atoms with E-state index >= 15 is 0 Å². The Balaban J connectivity index is 2.63. The van der Waals surface area contributed by atoms with Gasteiger partial charge >= 0.3 is 0 Å². The molecule has 0 radical (unpaired) electrons.